The number of hydrogen-bond acceptors (Lipinski definition) is 3. The van der Waals surface area contributed by atoms with Crippen LogP contribution in [-0.2, 0) is 0 Å². The van der Waals surface area contributed by atoms with Gasteiger partial charge in [-0.05, 0) is 37.6 Å². The Labute approximate surface area is 116 Å². The lowest BCUT2D eigenvalue weighted by atomic mass is 10.1. The third-order valence-electron chi connectivity index (χ3n) is 1.93. The second-order valence-corrected chi connectivity index (χ2v) is 4.58. The van der Waals surface area contributed by atoms with Crippen LogP contribution in [-0.4, -0.2) is 6.10 Å². The highest BCUT2D eigenvalue weighted by atomic mass is 35.5. The van der Waals surface area contributed by atoms with Crippen molar-refractivity contribution >= 4 is 29.3 Å². The number of nitriles is 2. The van der Waals surface area contributed by atoms with Crippen LogP contribution in [0, 0.1) is 22.7 Å². The summed E-state index contributed by atoms with van der Waals surface area (Å²) in [5, 5.41) is 18.0. The van der Waals surface area contributed by atoms with Crippen molar-refractivity contribution in [3.8, 4) is 17.9 Å². The summed E-state index contributed by atoms with van der Waals surface area (Å²) in [6, 6.07) is 6.73. The molecule has 92 valence electrons. The van der Waals surface area contributed by atoms with Crippen molar-refractivity contribution in [3.05, 3.63) is 33.3 Å². The van der Waals surface area contributed by atoms with E-state index >= 15 is 0 Å². The largest absolute Gasteiger partial charge is 0.488 e. The molecule has 0 N–H and O–H groups in total. The van der Waals surface area contributed by atoms with E-state index in [2.05, 4.69) is 0 Å². The van der Waals surface area contributed by atoms with Gasteiger partial charge in [-0.3, -0.25) is 0 Å². The summed E-state index contributed by atoms with van der Waals surface area (Å²) in [7, 11) is 0. The van der Waals surface area contributed by atoms with Gasteiger partial charge in [0.1, 0.15) is 17.7 Å². The summed E-state index contributed by atoms with van der Waals surface area (Å²) >= 11 is 12.1. The molecule has 0 spiro atoms. The molecule has 1 aromatic carbocycles. The van der Waals surface area contributed by atoms with Gasteiger partial charge in [0.05, 0.1) is 16.1 Å². The Morgan fingerprint density at radius 2 is 1.72 bits per heavy atom. The number of halogens is 2. The van der Waals surface area contributed by atoms with Crippen LogP contribution in [0.15, 0.2) is 17.7 Å². The maximum Gasteiger partial charge on any atom is 0.156 e. The zero-order chi connectivity index (χ0) is 13.7. The van der Waals surface area contributed by atoms with Crippen LogP contribution >= 0.6 is 23.2 Å². The fourth-order valence-electron chi connectivity index (χ4n) is 1.27. The molecule has 0 aromatic heterocycles. The molecule has 0 aliphatic rings. The Kier molecular flexibility index (Phi) is 5.04. The Morgan fingerprint density at radius 3 is 2.11 bits per heavy atom. The first-order valence-electron chi connectivity index (χ1n) is 5.15. The number of nitrogens with zero attached hydrogens (tertiary/aromatic N) is 2. The molecule has 0 aliphatic carbocycles. The highest BCUT2D eigenvalue weighted by Crippen LogP contribution is 2.35. The fourth-order valence-corrected chi connectivity index (χ4v) is 1.86. The molecule has 0 amide bonds. The smallest absolute Gasteiger partial charge is 0.156 e. The minimum absolute atomic E-state index is 0.0142. The Bertz CT molecular complexity index is 526. The molecule has 0 unspecified atom stereocenters. The zero-order valence-electron chi connectivity index (χ0n) is 9.87. The normalized spacial score (nSPS) is 9.50. The topological polar surface area (TPSA) is 56.8 Å². The molecule has 0 saturated carbocycles. The average molecular weight is 281 g/mol. The quantitative estimate of drug-likeness (QED) is 0.780. The van der Waals surface area contributed by atoms with Gasteiger partial charge >= 0.3 is 0 Å². The number of rotatable bonds is 3. The van der Waals surface area contributed by atoms with Crippen LogP contribution in [0.1, 0.15) is 19.4 Å². The Hall–Kier alpha value is -1.68. The van der Waals surface area contributed by atoms with Crippen LogP contribution in [0.5, 0.6) is 5.75 Å². The van der Waals surface area contributed by atoms with E-state index in [9.17, 15) is 0 Å². The molecule has 18 heavy (non-hydrogen) atoms. The predicted octanol–water partition coefficient (Wildman–Crippen LogP) is 4.21. The van der Waals surface area contributed by atoms with Crippen LogP contribution in [0.2, 0.25) is 10.0 Å². The maximum atomic E-state index is 8.67. The summed E-state index contributed by atoms with van der Waals surface area (Å²) in [6.45, 7) is 3.73. The van der Waals surface area contributed by atoms with Gasteiger partial charge in [-0.25, -0.2) is 0 Å². The van der Waals surface area contributed by atoms with Crippen molar-refractivity contribution in [1.29, 1.82) is 10.5 Å². The van der Waals surface area contributed by atoms with E-state index in [0.717, 1.165) is 0 Å². The van der Waals surface area contributed by atoms with Crippen molar-refractivity contribution in [1.82, 2.24) is 0 Å². The molecule has 0 heterocycles. The first kappa shape index (κ1) is 14.4. The van der Waals surface area contributed by atoms with Crippen LogP contribution in [0.25, 0.3) is 6.08 Å². The van der Waals surface area contributed by atoms with E-state index in [1.807, 2.05) is 13.8 Å². The van der Waals surface area contributed by atoms with E-state index in [1.54, 1.807) is 24.3 Å². The van der Waals surface area contributed by atoms with Gasteiger partial charge in [-0.1, -0.05) is 23.2 Å². The van der Waals surface area contributed by atoms with E-state index < -0.39 is 0 Å². The molecular formula is C13H10Cl2N2O. The number of allylic oxidation sites excluding steroid dienone is 1. The van der Waals surface area contributed by atoms with Crippen LogP contribution < -0.4 is 4.74 Å². The molecule has 0 aliphatic heterocycles. The molecule has 0 bridgehead atoms. The van der Waals surface area contributed by atoms with Crippen molar-refractivity contribution in [2.45, 2.75) is 20.0 Å². The van der Waals surface area contributed by atoms with Gasteiger partial charge in [0, 0.05) is 0 Å². The van der Waals surface area contributed by atoms with Gasteiger partial charge in [0.15, 0.2) is 5.75 Å². The minimum atomic E-state index is -0.0461. The SMILES string of the molecule is CC(C)Oc1c(Cl)cc(C=C(C#N)C#N)cc1Cl. The molecule has 0 atom stereocenters. The zero-order valence-corrected chi connectivity index (χ0v) is 11.4. The van der Waals surface area contributed by atoms with E-state index in [0.29, 0.717) is 21.4 Å². The molecule has 0 radical (unpaired) electrons. The third-order valence-corrected chi connectivity index (χ3v) is 2.49. The maximum absolute atomic E-state index is 8.67. The van der Waals surface area contributed by atoms with E-state index in [4.69, 9.17) is 38.5 Å². The summed E-state index contributed by atoms with van der Waals surface area (Å²) in [6.07, 6.45) is 1.37. The van der Waals surface area contributed by atoms with Crippen molar-refractivity contribution in [2.75, 3.05) is 0 Å². The second kappa shape index (κ2) is 6.31. The fraction of sp³-hybridized carbons (Fsp3) is 0.231. The van der Waals surface area contributed by atoms with Crippen LogP contribution in [0.4, 0.5) is 0 Å². The third kappa shape index (κ3) is 3.67. The van der Waals surface area contributed by atoms with Crippen LogP contribution in [0.3, 0.4) is 0 Å². The van der Waals surface area contributed by atoms with Gasteiger partial charge in [0.2, 0.25) is 0 Å². The van der Waals surface area contributed by atoms with Crippen molar-refractivity contribution in [2.24, 2.45) is 0 Å². The monoisotopic (exact) mass is 280 g/mol. The molecular weight excluding hydrogens is 271 g/mol. The second-order valence-electron chi connectivity index (χ2n) is 3.76. The van der Waals surface area contributed by atoms with Crippen molar-refractivity contribution < 1.29 is 4.74 Å². The average Bonchev–Trinajstić information content (AvgIpc) is 2.30. The Morgan fingerprint density at radius 1 is 1.22 bits per heavy atom. The molecule has 5 heteroatoms. The first-order valence-corrected chi connectivity index (χ1v) is 5.91. The summed E-state index contributed by atoms with van der Waals surface area (Å²) in [5.41, 5.74) is 0.568. The van der Waals surface area contributed by atoms with Gasteiger partial charge in [0.25, 0.3) is 0 Å². The Balaban J connectivity index is 3.20. The number of hydrogen-bond donors (Lipinski definition) is 0. The lowest BCUT2D eigenvalue weighted by Crippen LogP contribution is -2.06. The molecule has 1 rings (SSSR count). The molecule has 0 saturated heterocycles. The minimum Gasteiger partial charge on any atom is -0.488 e. The van der Waals surface area contributed by atoms with E-state index in [1.165, 1.54) is 6.08 Å². The first-order chi connectivity index (χ1) is 8.47. The number of benzene rings is 1. The van der Waals surface area contributed by atoms with Gasteiger partial charge < -0.3 is 4.74 Å². The van der Waals surface area contributed by atoms with Gasteiger partial charge in [-0.2, -0.15) is 10.5 Å². The molecule has 0 fully saturated rings. The highest BCUT2D eigenvalue weighted by Gasteiger charge is 2.10. The number of ether oxygens (including phenoxy) is 1. The molecule has 3 nitrogen and oxygen atoms in total. The summed E-state index contributed by atoms with van der Waals surface area (Å²) in [4.78, 5) is 0. The highest BCUT2D eigenvalue weighted by molar-refractivity contribution is 6.37. The lowest BCUT2D eigenvalue weighted by molar-refractivity contribution is 0.243. The lowest BCUT2D eigenvalue weighted by Gasteiger charge is -2.13. The summed E-state index contributed by atoms with van der Waals surface area (Å²) < 4.78 is 5.47. The standard InChI is InChI=1S/C13H10Cl2N2O/c1-8(2)18-13-11(14)4-9(5-12(13)15)3-10(6-16)7-17/h3-5,8H,1-2H3. The van der Waals surface area contributed by atoms with Crippen molar-refractivity contribution in [3.63, 3.8) is 0 Å². The summed E-state index contributed by atoms with van der Waals surface area (Å²) in [5.74, 6) is 0.404. The predicted molar refractivity (Wildman–Crippen MR) is 71.4 cm³/mol. The van der Waals surface area contributed by atoms with E-state index in [-0.39, 0.29) is 11.7 Å². The molecule has 1 aromatic rings. The van der Waals surface area contributed by atoms with Gasteiger partial charge in [-0.15, -0.1) is 0 Å².